The van der Waals surface area contributed by atoms with Crippen molar-refractivity contribution >= 4 is 28.5 Å². The van der Waals surface area contributed by atoms with Crippen molar-refractivity contribution in [3.8, 4) is 11.5 Å². The summed E-state index contributed by atoms with van der Waals surface area (Å²) in [6.07, 6.45) is -0.676. The molecule has 8 nitrogen and oxygen atoms in total. The summed E-state index contributed by atoms with van der Waals surface area (Å²) in [7, 11) is 3.15. The Bertz CT molecular complexity index is 872. The first-order valence-corrected chi connectivity index (χ1v) is 9.74. The highest BCUT2D eigenvalue weighted by Gasteiger charge is 2.48. The van der Waals surface area contributed by atoms with Gasteiger partial charge >= 0.3 is 12.1 Å². The SMILES string of the molecule is COc1ccc(CN2C(=O)O[C@@H]3CN(C(=O)Nc4cccs4)C[C@@H]32)cc1OC. The van der Waals surface area contributed by atoms with Gasteiger partial charge in [0.1, 0.15) is 6.10 Å². The number of likely N-dealkylation sites (tertiary alicyclic amines) is 1. The first kappa shape index (κ1) is 18.4. The summed E-state index contributed by atoms with van der Waals surface area (Å²) in [6.45, 7) is 1.19. The lowest BCUT2D eigenvalue weighted by molar-refractivity contribution is 0.123. The standard InChI is InChI=1S/C19H21N3O5S/c1-25-14-6-5-12(8-15(14)26-2)9-22-13-10-21(11-16(13)27-19(22)24)18(23)20-17-4-3-7-28-17/h3-8,13,16H,9-11H2,1-2H3,(H,20,23)/t13-,16+/m0/s1. The third-order valence-electron chi connectivity index (χ3n) is 4.96. The summed E-state index contributed by atoms with van der Waals surface area (Å²) in [5, 5.41) is 5.57. The minimum atomic E-state index is -0.358. The molecular weight excluding hydrogens is 382 g/mol. The molecule has 0 saturated carbocycles. The molecule has 2 aromatic rings. The van der Waals surface area contributed by atoms with Crippen molar-refractivity contribution in [2.75, 3.05) is 32.6 Å². The van der Waals surface area contributed by atoms with Gasteiger partial charge in [0.15, 0.2) is 11.5 Å². The van der Waals surface area contributed by atoms with Crippen LogP contribution in [0.5, 0.6) is 11.5 Å². The van der Waals surface area contributed by atoms with E-state index >= 15 is 0 Å². The second kappa shape index (κ2) is 7.59. The van der Waals surface area contributed by atoms with E-state index in [1.54, 1.807) is 24.0 Å². The Morgan fingerprint density at radius 3 is 2.79 bits per heavy atom. The molecule has 0 bridgehead atoms. The third kappa shape index (κ3) is 3.45. The van der Waals surface area contributed by atoms with Crippen molar-refractivity contribution in [1.82, 2.24) is 9.80 Å². The third-order valence-corrected chi connectivity index (χ3v) is 5.75. The maximum absolute atomic E-state index is 12.5. The van der Waals surface area contributed by atoms with E-state index in [1.165, 1.54) is 11.3 Å². The Balaban J connectivity index is 1.44. The lowest BCUT2D eigenvalue weighted by Gasteiger charge is -2.23. The predicted octanol–water partition coefficient (Wildman–Crippen LogP) is 3.00. The van der Waals surface area contributed by atoms with E-state index in [2.05, 4.69) is 5.32 Å². The van der Waals surface area contributed by atoms with Gasteiger partial charge < -0.3 is 19.1 Å². The number of hydrogen-bond acceptors (Lipinski definition) is 6. The van der Waals surface area contributed by atoms with E-state index in [9.17, 15) is 9.59 Å². The van der Waals surface area contributed by atoms with E-state index < -0.39 is 0 Å². The van der Waals surface area contributed by atoms with Crippen LogP contribution < -0.4 is 14.8 Å². The van der Waals surface area contributed by atoms with E-state index in [-0.39, 0.29) is 24.3 Å². The lowest BCUT2D eigenvalue weighted by atomic mass is 10.1. The number of nitrogens with zero attached hydrogens (tertiary/aromatic N) is 2. The highest BCUT2D eigenvalue weighted by Crippen LogP contribution is 2.32. The summed E-state index contributed by atoms with van der Waals surface area (Å²) in [4.78, 5) is 28.2. The van der Waals surface area contributed by atoms with Crippen LogP contribution in [0.3, 0.4) is 0 Å². The number of hydrogen-bond donors (Lipinski definition) is 1. The van der Waals surface area contributed by atoms with E-state index in [0.717, 1.165) is 10.6 Å². The van der Waals surface area contributed by atoms with E-state index in [0.29, 0.717) is 31.1 Å². The van der Waals surface area contributed by atoms with Gasteiger partial charge in [0.2, 0.25) is 0 Å². The van der Waals surface area contributed by atoms with Crippen LogP contribution in [0.1, 0.15) is 5.56 Å². The zero-order valence-corrected chi connectivity index (χ0v) is 16.4. The van der Waals surface area contributed by atoms with Crippen LogP contribution in [-0.2, 0) is 11.3 Å². The molecule has 3 heterocycles. The van der Waals surface area contributed by atoms with Gasteiger partial charge in [0, 0.05) is 13.1 Å². The van der Waals surface area contributed by atoms with Gasteiger partial charge in [-0.2, -0.15) is 0 Å². The molecule has 2 aliphatic heterocycles. The van der Waals surface area contributed by atoms with Gasteiger partial charge in [0.05, 0.1) is 31.8 Å². The molecule has 1 N–H and O–H groups in total. The summed E-state index contributed by atoms with van der Waals surface area (Å²) < 4.78 is 16.1. The van der Waals surface area contributed by atoms with Gasteiger partial charge in [-0.05, 0) is 35.2 Å². The minimum Gasteiger partial charge on any atom is -0.493 e. The molecule has 0 unspecified atom stereocenters. The molecule has 0 spiro atoms. The monoisotopic (exact) mass is 403 g/mol. The van der Waals surface area contributed by atoms with Crippen molar-refractivity contribution in [2.24, 2.45) is 0 Å². The van der Waals surface area contributed by atoms with E-state index in [1.807, 2.05) is 35.7 Å². The molecule has 2 fully saturated rings. The Labute approximate surface area is 166 Å². The number of benzene rings is 1. The van der Waals surface area contributed by atoms with Crippen LogP contribution in [0.2, 0.25) is 0 Å². The Morgan fingerprint density at radius 2 is 2.07 bits per heavy atom. The van der Waals surface area contributed by atoms with Gasteiger partial charge in [-0.3, -0.25) is 10.2 Å². The zero-order chi connectivity index (χ0) is 19.7. The predicted molar refractivity (Wildman–Crippen MR) is 104 cm³/mol. The highest BCUT2D eigenvalue weighted by atomic mass is 32.1. The number of rotatable bonds is 5. The Kier molecular flexibility index (Phi) is 4.99. The molecule has 0 radical (unpaired) electrons. The molecule has 2 atom stereocenters. The van der Waals surface area contributed by atoms with Crippen molar-refractivity contribution in [3.05, 3.63) is 41.3 Å². The number of ether oxygens (including phenoxy) is 3. The average molecular weight is 403 g/mol. The van der Waals surface area contributed by atoms with Gasteiger partial charge in [-0.1, -0.05) is 6.07 Å². The van der Waals surface area contributed by atoms with Crippen molar-refractivity contribution in [3.63, 3.8) is 0 Å². The number of carbonyl (C=O) groups excluding carboxylic acids is 2. The molecule has 0 aliphatic carbocycles. The van der Waals surface area contributed by atoms with Crippen molar-refractivity contribution in [2.45, 2.75) is 18.7 Å². The summed E-state index contributed by atoms with van der Waals surface area (Å²) in [5.74, 6) is 1.23. The smallest absolute Gasteiger partial charge is 0.410 e. The van der Waals surface area contributed by atoms with Gasteiger partial charge in [-0.25, -0.2) is 9.59 Å². The van der Waals surface area contributed by atoms with Gasteiger partial charge in [0.25, 0.3) is 0 Å². The van der Waals surface area contributed by atoms with Crippen LogP contribution in [0, 0.1) is 0 Å². The van der Waals surface area contributed by atoms with Gasteiger partial charge in [-0.15, -0.1) is 11.3 Å². The normalized spacial score (nSPS) is 20.7. The Hall–Kier alpha value is -2.94. The fraction of sp³-hybridized carbons (Fsp3) is 0.368. The van der Waals surface area contributed by atoms with Crippen molar-refractivity contribution < 1.29 is 23.8 Å². The molecule has 148 valence electrons. The molecule has 4 rings (SSSR count). The Morgan fingerprint density at radius 1 is 1.25 bits per heavy atom. The lowest BCUT2D eigenvalue weighted by Crippen LogP contribution is -2.40. The quantitative estimate of drug-likeness (QED) is 0.830. The van der Waals surface area contributed by atoms with Crippen LogP contribution >= 0.6 is 11.3 Å². The highest BCUT2D eigenvalue weighted by molar-refractivity contribution is 7.14. The second-order valence-electron chi connectivity index (χ2n) is 6.62. The largest absolute Gasteiger partial charge is 0.493 e. The number of carbonyl (C=O) groups is 2. The number of methoxy groups -OCH3 is 2. The molecule has 2 saturated heterocycles. The fourth-order valence-corrected chi connectivity index (χ4v) is 4.17. The van der Waals surface area contributed by atoms with Crippen molar-refractivity contribution in [1.29, 1.82) is 0 Å². The van der Waals surface area contributed by atoms with Crippen LogP contribution in [0.15, 0.2) is 35.7 Å². The second-order valence-corrected chi connectivity index (χ2v) is 7.57. The number of nitrogens with one attached hydrogen (secondary N) is 1. The molecule has 3 amide bonds. The molecule has 28 heavy (non-hydrogen) atoms. The minimum absolute atomic E-state index is 0.172. The molecule has 9 heteroatoms. The molecule has 1 aromatic heterocycles. The first-order valence-electron chi connectivity index (χ1n) is 8.86. The summed E-state index contributed by atoms with van der Waals surface area (Å²) in [6, 6.07) is 8.92. The first-order chi connectivity index (χ1) is 13.6. The molecule has 2 aliphatic rings. The van der Waals surface area contributed by atoms with Crippen LogP contribution in [-0.4, -0.2) is 61.4 Å². The maximum atomic E-state index is 12.5. The zero-order valence-electron chi connectivity index (χ0n) is 15.6. The maximum Gasteiger partial charge on any atom is 0.410 e. The van der Waals surface area contributed by atoms with Crippen LogP contribution in [0.25, 0.3) is 0 Å². The van der Waals surface area contributed by atoms with E-state index in [4.69, 9.17) is 14.2 Å². The fourth-order valence-electron chi connectivity index (χ4n) is 3.56. The van der Waals surface area contributed by atoms with Crippen LogP contribution in [0.4, 0.5) is 14.6 Å². The molecular formula is C19H21N3O5S. The number of thiophene rings is 1. The number of amides is 3. The number of fused-ring (bicyclic) bond motifs is 1. The average Bonchev–Trinajstić information content (AvgIpc) is 3.40. The number of urea groups is 1. The summed E-state index contributed by atoms with van der Waals surface area (Å²) >= 11 is 1.46. The topological polar surface area (TPSA) is 80.3 Å². The molecule has 1 aromatic carbocycles. The summed E-state index contributed by atoms with van der Waals surface area (Å²) in [5.41, 5.74) is 0.900. The number of anilines is 1.